The third-order valence-electron chi connectivity index (χ3n) is 3.60. The van der Waals surface area contributed by atoms with E-state index < -0.39 is 11.2 Å². The Balaban J connectivity index is 2.04. The number of rotatable bonds is 5. The minimum absolute atomic E-state index is 0.193. The second-order valence-electron chi connectivity index (χ2n) is 5.50. The zero-order chi connectivity index (χ0) is 19.5. The van der Waals surface area contributed by atoms with Gasteiger partial charge in [-0.3, -0.25) is 9.48 Å². The lowest BCUT2D eigenvalue weighted by Gasteiger charge is -2.07. The van der Waals surface area contributed by atoms with E-state index in [9.17, 15) is 18.0 Å². The summed E-state index contributed by atoms with van der Waals surface area (Å²) in [7, 11) is 1.63. The fourth-order valence-corrected chi connectivity index (χ4v) is 2.76. The minimum Gasteiger partial charge on any atom is -0.347 e. The summed E-state index contributed by atoms with van der Waals surface area (Å²) < 4.78 is 38.7. The lowest BCUT2D eigenvalue weighted by Crippen LogP contribution is -2.25. The molecule has 2 aromatic rings. The first-order valence-electron chi connectivity index (χ1n) is 7.66. The lowest BCUT2D eigenvalue weighted by molar-refractivity contribution is -0.0836. The second-order valence-corrected chi connectivity index (χ2v) is 6.29. The summed E-state index contributed by atoms with van der Waals surface area (Å²) in [6, 6.07) is 6.19. The Hall–Kier alpha value is -1.99. The molecule has 0 aliphatic rings. The predicted molar refractivity (Wildman–Crippen MR) is 95.1 cm³/mol. The number of nitrogens with zero attached hydrogens (tertiary/aromatic N) is 2. The summed E-state index contributed by atoms with van der Waals surface area (Å²) in [6.07, 6.45) is -3.13. The van der Waals surface area contributed by atoms with Crippen LogP contribution in [0.2, 0.25) is 5.02 Å². The Labute approximate surface area is 158 Å². The van der Waals surface area contributed by atoms with Gasteiger partial charge in [-0.25, -0.2) is 0 Å². The highest BCUT2D eigenvalue weighted by Crippen LogP contribution is 2.30. The second kappa shape index (κ2) is 8.14. The Bertz CT molecular complexity index is 827. The molecule has 0 bridgehead atoms. The van der Waals surface area contributed by atoms with E-state index >= 15 is 0 Å². The first-order valence-corrected chi connectivity index (χ1v) is 8.42. The highest BCUT2D eigenvalue weighted by molar-refractivity contribution is 6.34. The third kappa shape index (κ3) is 4.80. The van der Waals surface area contributed by atoms with E-state index in [1.54, 1.807) is 19.2 Å². The molecule has 0 radical (unpaired) electrons. The van der Waals surface area contributed by atoms with Crippen LogP contribution in [-0.4, -0.2) is 21.9 Å². The normalized spacial score (nSPS) is 12.3. The molecule has 0 spiro atoms. The molecule has 140 valence electrons. The molecule has 0 unspecified atom stereocenters. The molecule has 1 N–H and O–H groups in total. The molecule has 1 heterocycles. The van der Waals surface area contributed by atoms with Crippen molar-refractivity contribution in [1.82, 2.24) is 15.1 Å². The fourth-order valence-electron chi connectivity index (χ4n) is 2.25. The molecule has 9 heteroatoms. The van der Waals surface area contributed by atoms with E-state index in [0.717, 1.165) is 6.08 Å². The number of allylic oxidation sites excluding steroid dienone is 1. The van der Waals surface area contributed by atoms with Crippen LogP contribution in [-0.2, 0) is 20.0 Å². The van der Waals surface area contributed by atoms with Gasteiger partial charge < -0.3 is 5.32 Å². The smallest absolute Gasteiger partial charge is 0.347 e. The van der Waals surface area contributed by atoms with Gasteiger partial charge in [0.2, 0.25) is 0 Å². The van der Waals surface area contributed by atoms with Crippen LogP contribution in [0, 0.1) is 0 Å². The van der Waals surface area contributed by atoms with Crippen molar-refractivity contribution in [2.45, 2.75) is 26.1 Å². The van der Waals surface area contributed by atoms with E-state index in [-0.39, 0.29) is 18.1 Å². The van der Waals surface area contributed by atoms with Gasteiger partial charge in [0.15, 0.2) is 0 Å². The van der Waals surface area contributed by atoms with Gasteiger partial charge in [-0.05, 0) is 23.6 Å². The topological polar surface area (TPSA) is 46.9 Å². The lowest BCUT2D eigenvalue weighted by atomic mass is 10.1. The Morgan fingerprint density at radius 3 is 2.42 bits per heavy atom. The van der Waals surface area contributed by atoms with Crippen LogP contribution in [0.5, 0.6) is 0 Å². The van der Waals surface area contributed by atoms with Gasteiger partial charge in [-0.1, -0.05) is 54.4 Å². The minimum atomic E-state index is -4.58. The van der Waals surface area contributed by atoms with Crippen LogP contribution < -0.4 is 5.32 Å². The molecule has 0 saturated carbocycles. The van der Waals surface area contributed by atoms with Crippen LogP contribution in [0.3, 0.4) is 0 Å². The van der Waals surface area contributed by atoms with Gasteiger partial charge in [0.25, 0.3) is 5.91 Å². The van der Waals surface area contributed by atoms with Crippen LogP contribution in [0.15, 0.2) is 29.3 Å². The fraction of sp³-hybridized carbons (Fsp3) is 0.294. The van der Waals surface area contributed by atoms with Gasteiger partial charge in [-0.2, -0.15) is 18.3 Å². The molecule has 0 fully saturated rings. The van der Waals surface area contributed by atoms with E-state index in [1.165, 1.54) is 16.8 Å². The van der Waals surface area contributed by atoms with Crippen molar-refractivity contribution in [2.75, 3.05) is 0 Å². The van der Waals surface area contributed by atoms with Gasteiger partial charge in [-0.15, -0.1) is 0 Å². The number of carbonyl (C=O) groups excluding carboxylic acids is 1. The summed E-state index contributed by atoms with van der Waals surface area (Å²) >= 11 is 11.4. The maximum Gasteiger partial charge on any atom is 0.426 e. The van der Waals surface area contributed by atoms with E-state index in [1.807, 2.05) is 6.92 Å². The number of hydrogen-bond acceptors (Lipinski definition) is 2. The highest BCUT2D eigenvalue weighted by atomic mass is 35.5. The maximum atomic E-state index is 12.4. The number of amides is 1. The summed E-state index contributed by atoms with van der Waals surface area (Å²) in [5, 5.41) is 6.01. The first kappa shape index (κ1) is 20.3. The molecule has 1 aromatic carbocycles. The molecule has 2 rings (SSSR count). The summed E-state index contributed by atoms with van der Waals surface area (Å²) in [5.74, 6) is -0.381. The standard InChI is InChI=1S/C17H16Cl2F3N3O/c1-3-12-14(19)15(25(2)24-12)16(26)23-9-11-6-4-10(5-7-11)8-13(18)17(20,21)22/h4-8H,3,9H2,1-2H3,(H,23,26). The predicted octanol–water partition coefficient (Wildman–Crippen LogP) is 4.71. The van der Waals surface area contributed by atoms with Crippen LogP contribution >= 0.6 is 23.2 Å². The van der Waals surface area contributed by atoms with Crippen molar-refractivity contribution in [3.8, 4) is 0 Å². The van der Waals surface area contributed by atoms with Gasteiger partial charge in [0, 0.05) is 13.6 Å². The highest BCUT2D eigenvalue weighted by Gasteiger charge is 2.32. The molecule has 1 amide bonds. The number of alkyl halides is 3. The van der Waals surface area contributed by atoms with Crippen molar-refractivity contribution in [3.05, 3.63) is 56.8 Å². The van der Waals surface area contributed by atoms with Crippen LogP contribution in [0.4, 0.5) is 13.2 Å². The Morgan fingerprint density at radius 2 is 1.92 bits per heavy atom. The van der Waals surface area contributed by atoms with Gasteiger partial charge >= 0.3 is 6.18 Å². The molecule has 4 nitrogen and oxygen atoms in total. The van der Waals surface area contributed by atoms with Crippen molar-refractivity contribution in [2.24, 2.45) is 7.05 Å². The number of nitrogens with one attached hydrogen (secondary N) is 1. The molecule has 0 aliphatic heterocycles. The maximum absolute atomic E-state index is 12.4. The SMILES string of the molecule is CCc1nn(C)c(C(=O)NCc2ccc(C=C(Cl)C(F)(F)F)cc2)c1Cl. The average Bonchev–Trinajstić information content (AvgIpc) is 2.87. The number of benzene rings is 1. The van der Waals surface area contributed by atoms with E-state index in [4.69, 9.17) is 23.2 Å². The van der Waals surface area contributed by atoms with Crippen LogP contribution in [0.1, 0.15) is 34.2 Å². The van der Waals surface area contributed by atoms with Crippen LogP contribution in [0.25, 0.3) is 6.08 Å². The summed E-state index contributed by atoms with van der Waals surface area (Å²) in [6.45, 7) is 2.08. The molecule has 0 atom stereocenters. The monoisotopic (exact) mass is 405 g/mol. The Morgan fingerprint density at radius 1 is 1.31 bits per heavy atom. The zero-order valence-corrected chi connectivity index (χ0v) is 15.5. The molecular weight excluding hydrogens is 390 g/mol. The van der Waals surface area contributed by atoms with E-state index in [0.29, 0.717) is 28.3 Å². The molecule has 1 aromatic heterocycles. The third-order valence-corrected chi connectivity index (χ3v) is 4.32. The van der Waals surface area contributed by atoms with Crippen molar-refractivity contribution >= 4 is 35.2 Å². The number of aromatic nitrogens is 2. The van der Waals surface area contributed by atoms with Gasteiger partial charge in [0.1, 0.15) is 10.7 Å². The number of carbonyl (C=O) groups is 1. The average molecular weight is 406 g/mol. The molecule has 26 heavy (non-hydrogen) atoms. The molecule has 0 aliphatic carbocycles. The number of halogens is 5. The van der Waals surface area contributed by atoms with Crippen molar-refractivity contribution in [1.29, 1.82) is 0 Å². The largest absolute Gasteiger partial charge is 0.426 e. The Kier molecular flexibility index (Phi) is 6.36. The first-order chi connectivity index (χ1) is 12.1. The quantitative estimate of drug-likeness (QED) is 0.782. The summed E-state index contributed by atoms with van der Waals surface area (Å²) in [4.78, 5) is 12.3. The molecule has 0 saturated heterocycles. The van der Waals surface area contributed by atoms with Crippen molar-refractivity contribution in [3.63, 3.8) is 0 Å². The van der Waals surface area contributed by atoms with Crippen molar-refractivity contribution < 1.29 is 18.0 Å². The van der Waals surface area contributed by atoms with Gasteiger partial charge in [0.05, 0.1) is 10.7 Å². The zero-order valence-electron chi connectivity index (χ0n) is 14.0. The number of hydrogen-bond donors (Lipinski definition) is 1. The van der Waals surface area contributed by atoms with E-state index in [2.05, 4.69) is 10.4 Å². The molecular formula is C17H16Cl2F3N3O. The number of aryl methyl sites for hydroxylation is 2. The summed E-state index contributed by atoms with van der Waals surface area (Å²) in [5.41, 5.74) is 1.93.